The van der Waals surface area contributed by atoms with Gasteiger partial charge in [0.25, 0.3) is 0 Å². The van der Waals surface area contributed by atoms with E-state index in [1.54, 1.807) is 17.1 Å². The molecule has 0 fully saturated rings. The molecular formula is C18H16N6. The minimum atomic E-state index is 0.588. The second-order valence-corrected chi connectivity index (χ2v) is 5.56. The van der Waals surface area contributed by atoms with Crippen molar-refractivity contribution in [3.05, 3.63) is 66.7 Å². The maximum atomic E-state index is 4.54. The van der Waals surface area contributed by atoms with Gasteiger partial charge in [0.2, 0.25) is 5.95 Å². The third-order valence-electron chi connectivity index (χ3n) is 3.75. The lowest BCUT2D eigenvalue weighted by Gasteiger charge is -2.06. The average molecular weight is 316 g/mol. The Hall–Kier alpha value is -3.28. The lowest BCUT2D eigenvalue weighted by molar-refractivity contribution is 0.768. The predicted molar refractivity (Wildman–Crippen MR) is 93.3 cm³/mol. The fourth-order valence-electron chi connectivity index (χ4n) is 2.55. The van der Waals surface area contributed by atoms with Crippen LogP contribution in [0, 0.1) is 0 Å². The lowest BCUT2D eigenvalue weighted by Crippen LogP contribution is -2.04. The normalized spacial score (nSPS) is 10.9. The number of hydrogen-bond donors (Lipinski definition) is 1. The minimum Gasteiger partial charge on any atom is -0.350 e. The molecule has 24 heavy (non-hydrogen) atoms. The van der Waals surface area contributed by atoms with E-state index in [0.29, 0.717) is 12.5 Å². The third-order valence-corrected chi connectivity index (χ3v) is 3.75. The summed E-state index contributed by atoms with van der Waals surface area (Å²) in [6, 6.07) is 12.1. The number of nitrogens with one attached hydrogen (secondary N) is 1. The van der Waals surface area contributed by atoms with E-state index in [2.05, 4.69) is 37.5 Å². The van der Waals surface area contributed by atoms with E-state index in [0.717, 1.165) is 27.7 Å². The van der Waals surface area contributed by atoms with Crippen LogP contribution in [0.15, 0.2) is 61.2 Å². The summed E-state index contributed by atoms with van der Waals surface area (Å²) in [6.45, 7) is 0.619. The molecule has 4 rings (SSSR count). The predicted octanol–water partition coefficient (Wildman–Crippen LogP) is 3.04. The standard InChI is InChI=1S/C18H16N6/c1-24-12-15(11-22-24)17-6-7-19-18(23-17)21-10-13-8-14-4-2-3-5-16(14)20-9-13/h2-9,11-12H,10H2,1H3,(H,19,21,23). The van der Waals surface area contributed by atoms with Gasteiger partial charge in [-0.1, -0.05) is 18.2 Å². The molecule has 0 aliphatic carbocycles. The Kier molecular flexibility index (Phi) is 3.63. The fourth-order valence-corrected chi connectivity index (χ4v) is 2.55. The van der Waals surface area contributed by atoms with Crippen LogP contribution in [0.3, 0.4) is 0 Å². The van der Waals surface area contributed by atoms with Gasteiger partial charge in [-0.15, -0.1) is 0 Å². The highest BCUT2D eigenvalue weighted by atomic mass is 15.2. The van der Waals surface area contributed by atoms with Gasteiger partial charge in [0, 0.05) is 43.1 Å². The lowest BCUT2D eigenvalue weighted by atomic mass is 10.1. The summed E-state index contributed by atoms with van der Waals surface area (Å²) < 4.78 is 1.76. The highest BCUT2D eigenvalue weighted by Gasteiger charge is 2.05. The summed E-state index contributed by atoms with van der Waals surface area (Å²) in [5, 5.41) is 8.55. The van der Waals surface area contributed by atoms with Gasteiger partial charge in [-0.2, -0.15) is 5.10 Å². The molecular weight excluding hydrogens is 300 g/mol. The van der Waals surface area contributed by atoms with Crippen LogP contribution in [0.4, 0.5) is 5.95 Å². The van der Waals surface area contributed by atoms with Crippen LogP contribution in [0.25, 0.3) is 22.2 Å². The molecule has 0 radical (unpaired) electrons. The summed E-state index contributed by atoms with van der Waals surface area (Å²) in [7, 11) is 1.89. The number of rotatable bonds is 4. The molecule has 0 aliphatic rings. The van der Waals surface area contributed by atoms with E-state index >= 15 is 0 Å². The Labute approximate surface area is 139 Å². The van der Waals surface area contributed by atoms with Crippen molar-refractivity contribution in [3.63, 3.8) is 0 Å². The van der Waals surface area contributed by atoms with Crippen LogP contribution in [0.1, 0.15) is 5.56 Å². The van der Waals surface area contributed by atoms with Crippen LogP contribution in [0.2, 0.25) is 0 Å². The van der Waals surface area contributed by atoms with E-state index in [-0.39, 0.29) is 0 Å². The van der Waals surface area contributed by atoms with Crippen LogP contribution >= 0.6 is 0 Å². The smallest absolute Gasteiger partial charge is 0.223 e. The second kappa shape index (κ2) is 6.08. The molecule has 3 heterocycles. The highest BCUT2D eigenvalue weighted by molar-refractivity contribution is 5.78. The van der Waals surface area contributed by atoms with Crippen molar-refractivity contribution in [2.75, 3.05) is 5.32 Å². The van der Waals surface area contributed by atoms with Crippen molar-refractivity contribution in [3.8, 4) is 11.3 Å². The van der Waals surface area contributed by atoms with E-state index in [1.165, 1.54) is 0 Å². The summed E-state index contributed by atoms with van der Waals surface area (Å²) in [4.78, 5) is 13.3. The first-order valence-electron chi connectivity index (χ1n) is 7.67. The number of aryl methyl sites for hydroxylation is 1. The Morgan fingerprint density at radius 2 is 2.00 bits per heavy atom. The first-order chi connectivity index (χ1) is 11.8. The molecule has 0 atom stereocenters. The molecule has 1 N–H and O–H groups in total. The number of nitrogens with zero attached hydrogens (tertiary/aromatic N) is 5. The van der Waals surface area contributed by atoms with Gasteiger partial charge < -0.3 is 5.32 Å². The summed E-state index contributed by atoms with van der Waals surface area (Å²) in [6.07, 6.45) is 7.34. The third kappa shape index (κ3) is 2.94. The number of aromatic nitrogens is 5. The average Bonchev–Trinajstić information content (AvgIpc) is 3.06. The quantitative estimate of drug-likeness (QED) is 0.627. The number of fused-ring (bicyclic) bond motifs is 1. The summed E-state index contributed by atoms with van der Waals surface area (Å²) in [5.41, 5.74) is 3.90. The number of hydrogen-bond acceptors (Lipinski definition) is 5. The maximum absolute atomic E-state index is 4.54. The molecule has 0 bridgehead atoms. The van der Waals surface area contributed by atoms with Crippen LogP contribution in [-0.4, -0.2) is 24.7 Å². The van der Waals surface area contributed by atoms with Gasteiger partial charge in [-0.05, 0) is 23.8 Å². The zero-order chi connectivity index (χ0) is 16.4. The van der Waals surface area contributed by atoms with E-state index in [4.69, 9.17) is 0 Å². The highest BCUT2D eigenvalue weighted by Crippen LogP contribution is 2.17. The zero-order valence-electron chi connectivity index (χ0n) is 13.2. The molecule has 3 aromatic heterocycles. The molecule has 118 valence electrons. The van der Waals surface area contributed by atoms with Crippen molar-refractivity contribution in [1.29, 1.82) is 0 Å². The molecule has 0 saturated carbocycles. The molecule has 1 aromatic carbocycles. The molecule has 6 heteroatoms. The SMILES string of the molecule is Cn1cc(-c2ccnc(NCc3cnc4ccccc4c3)n2)cn1. The Bertz CT molecular complexity index is 991. The van der Waals surface area contributed by atoms with E-state index in [9.17, 15) is 0 Å². The van der Waals surface area contributed by atoms with Gasteiger partial charge in [0.05, 0.1) is 17.4 Å². The Morgan fingerprint density at radius 3 is 2.88 bits per heavy atom. The Balaban J connectivity index is 1.52. The molecule has 0 amide bonds. The number of anilines is 1. The Morgan fingerprint density at radius 1 is 1.08 bits per heavy atom. The van der Waals surface area contributed by atoms with Crippen LogP contribution < -0.4 is 5.32 Å². The van der Waals surface area contributed by atoms with Gasteiger partial charge in [-0.25, -0.2) is 9.97 Å². The monoisotopic (exact) mass is 316 g/mol. The van der Waals surface area contributed by atoms with E-state index < -0.39 is 0 Å². The number of benzene rings is 1. The first-order valence-corrected chi connectivity index (χ1v) is 7.67. The van der Waals surface area contributed by atoms with Gasteiger partial charge in [0.15, 0.2) is 0 Å². The molecule has 0 aliphatic heterocycles. The first kappa shape index (κ1) is 14.3. The van der Waals surface area contributed by atoms with Crippen LogP contribution in [-0.2, 0) is 13.6 Å². The molecule has 0 unspecified atom stereocenters. The molecule has 0 spiro atoms. The van der Waals surface area contributed by atoms with Crippen molar-refractivity contribution in [2.45, 2.75) is 6.54 Å². The van der Waals surface area contributed by atoms with Crippen molar-refractivity contribution in [2.24, 2.45) is 7.05 Å². The fraction of sp³-hybridized carbons (Fsp3) is 0.111. The minimum absolute atomic E-state index is 0.588. The molecule has 6 nitrogen and oxygen atoms in total. The zero-order valence-corrected chi connectivity index (χ0v) is 13.2. The van der Waals surface area contributed by atoms with E-state index in [1.807, 2.05) is 43.7 Å². The van der Waals surface area contributed by atoms with Crippen molar-refractivity contribution < 1.29 is 0 Å². The van der Waals surface area contributed by atoms with Gasteiger partial charge in [-0.3, -0.25) is 9.67 Å². The van der Waals surface area contributed by atoms with Crippen molar-refractivity contribution in [1.82, 2.24) is 24.7 Å². The molecule has 0 saturated heterocycles. The maximum Gasteiger partial charge on any atom is 0.223 e. The second-order valence-electron chi connectivity index (χ2n) is 5.56. The van der Waals surface area contributed by atoms with Gasteiger partial charge >= 0.3 is 0 Å². The number of pyridine rings is 1. The summed E-state index contributed by atoms with van der Waals surface area (Å²) in [5.74, 6) is 0.588. The topological polar surface area (TPSA) is 68.5 Å². The van der Waals surface area contributed by atoms with Crippen LogP contribution in [0.5, 0.6) is 0 Å². The van der Waals surface area contributed by atoms with Crippen molar-refractivity contribution >= 4 is 16.9 Å². The largest absolute Gasteiger partial charge is 0.350 e. The number of para-hydroxylation sites is 1. The van der Waals surface area contributed by atoms with Gasteiger partial charge in [0.1, 0.15) is 0 Å². The molecule has 4 aromatic rings. The summed E-state index contributed by atoms with van der Waals surface area (Å²) >= 11 is 0.